The van der Waals surface area contributed by atoms with E-state index in [4.69, 9.17) is 9.97 Å². The van der Waals surface area contributed by atoms with Gasteiger partial charge in [0.25, 0.3) is 0 Å². The van der Waals surface area contributed by atoms with Crippen LogP contribution in [0.3, 0.4) is 0 Å². The Kier molecular flexibility index (Phi) is 5.43. The molecule has 0 unspecified atom stereocenters. The van der Waals surface area contributed by atoms with Gasteiger partial charge < -0.3 is 9.13 Å². The highest BCUT2D eigenvalue weighted by Crippen LogP contribution is 2.40. The van der Waals surface area contributed by atoms with Gasteiger partial charge >= 0.3 is 0 Å². The summed E-state index contributed by atoms with van der Waals surface area (Å²) < 4.78 is 4.50. The average molecular weight is 521 g/mol. The smallest absolute Gasteiger partial charge is 0.124 e. The zero-order valence-electron chi connectivity index (χ0n) is 23.3. The SMILES string of the molecule is CC1(C)c2cccc(c2)-c2cn(-c3ccccc3)c(n2)C(C)(C)c2cccc(c2)-c2cn(-c3ccccc3)c1n2. The fourth-order valence-corrected chi connectivity index (χ4v) is 5.88. The molecule has 0 N–H and O–H groups in total. The van der Waals surface area contributed by atoms with Gasteiger partial charge in [0.15, 0.2) is 0 Å². The summed E-state index contributed by atoms with van der Waals surface area (Å²) in [5.41, 5.74) is 7.99. The van der Waals surface area contributed by atoms with Gasteiger partial charge in [-0.2, -0.15) is 0 Å². The van der Waals surface area contributed by atoms with E-state index in [9.17, 15) is 0 Å². The van der Waals surface area contributed by atoms with Crippen LogP contribution in [0.15, 0.2) is 122 Å². The van der Waals surface area contributed by atoms with Crippen LogP contribution in [0, 0.1) is 0 Å². The molecule has 7 rings (SSSR count). The Balaban J connectivity index is 1.54. The molecule has 8 bridgehead atoms. The third kappa shape index (κ3) is 3.83. The largest absolute Gasteiger partial charge is 0.302 e. The summed E-state index contributed by atoms with van der Waals surface area (Å²) in [6.07, 6.45) is 4.37. The van der Waals surface area contributed by atoms with Gasteiger partial charge in [0, 0.05) is 45.7 Å². The monoisotopic (exact) mass is 520 g/mol. The number of hydrogen-bond donors (Lipinski definition) is 0. The normalized spacial score (nSPS) is 14.9. The van der Waals surface area contributed by atoms with E-state index < -0.39 is 0 Å². The zero-order chi connectivity index (χ0) is 27.5. The molecule has 0 spiro atoms. The lowest BCUT2D eigenvalue weighted by Gasteiger charge is -2.27. The average Bonchev–Trinajstić information content (AvgIpc) is 3.65. The summed E-state index contributed by atoms with van der Waals surface area (Å²) in [6.45, 7) is 9.04. The molecule has 0 fully saturated rings. The Labute approximate surface area is 235 Å². The molecule has 40 heavy (non-hydrogen) atoms. The van der Waals surface area contributed by atoms with Crippen molar-refractivity contribution in [2.24, 2.45) is 0 Å². The van der Waals surface area contributed by atoms with E-state index in [1.807, 2.05) is 0 Å². The minimum Gasteiger partial charge on any atom is -0.302 e. The fourth-order valence-electron chi connectivity index (χ4n) is 5.88. The fraction of sp³-hybridized carbons (Fsp3) is 0.167. The van der Waals surface area contributed by atoms with E-state index in [0.717, 1.165) is 45.5 Å². The lowest BCUT2D eigenvalue weighted by atomic mass is 9.82. The standard InChI is InChI=1S/C36H32N4/c1-35(2)27-15-11-13-25(21-27)32-24-40(30-19-9-6-10-20-30)34(38-32)36(3,4)28-16-12-14-26(22-28)31-23-39(33(35)37-31)29-17-7-5-8-18-29/h5-24H,1-4H3. The Morgan fingerprint density at radius 1 is 0.475 bits per heavy atom. The second-order valence-corrected chi connectivity index (χ2v) is 11.7. The summed E-state index contributed by atoms with van der Waals surface area (Å²) in [4.78, 5) is 10.7. The highest BCUT2D eigenvalue weighted by Gasteiger charge is 2.33. The van der Waals surface area contributed by atoms with Crippen molar-refractivity contribution in [2.45, 2.75) is 38.5 Å². The van der Waals surface area contributed by atoms with Crippen molar-refractivity contribution in [3.8, 4) is 33.9 Å². The predicted molar refractivity (Wildman–Crippen MR) is 162 cm³/mol. The molecule has 3 heterocycles. The Bertz CT molecular complexity index is 1700. The first-order valence-corrected chi connectivity index (χ1v) is 13.8. The van der Waals surface area contributed by atoms with Crippen molar-refractivity contribution in [3.05, 3.63) is 144 Å². The predicted octanol–water partition coefficient (Wildman–Crippen LogP) is 8.36. The summed E-state index contributed by atoms with van der Waals surface area (Å²) in [5, 5.41) is 0. The molecule has 6 aromatic rings. The second-order valence-electron chi connectivity index (χ2n) is 11.7. The molecule has 4 nitrogen and oxygen atoms in total. The number of benzene rings is 4. The Morgan fingerprint density at radius 3 is 1.27 bits per heavy atom. The first kappa shape index (κ1) is 24.3. The molecule has 1 aliphatic heterocycles. The van der Waals surface area contributed by atoms with Crippen LogP contribution < -0.4 is 0 Å². The molecule has 1 aliphatic rings. The van der Waals surface area contributed by atoms with Crippen LogP contribution in [0.4, 0.5) is 0 Å². The molecule has 196 valence electrons. The zero-order valence-corrected chi connectivity index (χ0v) is 23.3. The van der Waals surface area contributed by atoms with E-state index in [1.165, 1.54) is 11.1 Å². The summed E-state index contributed by atoms with van der Waals surface area (Å²) in [6, 6.07) is 38.6. The van der Waals surface area contributed by atoms with Crippen LogP contribution >= 0.6 is 0 Å². The number of para-hydroxylation sites is 2. The maximum Gasteiger partial charge on any atom is 0.124 e. The first-order chi connectivity index (χ1) is 19.3. The van der Waals surface area contributed by atoms with Crippen molar-refractivity contribution < 1.29 is 0 Å². The molecule has 0 radical (unpaired) electrons. The number of aromatic nitrogens is 4. The topological polar surface area (TPSA) is 35.6 Å². The van der Waals surface area contributed by atoms with E-state index in [2.05, 4.69) is 158 Å². The number of nitrogens with zero attached hydrogens (tertiary/aromatic N) is 4. The number of hydrogen-bond acceptors (Lipinski definition) is 2. The van der Waals surface area contributed by atoms with Gasteiger partial charge in [-0.3, -0.25) is 0 Å². The maximum absolute atomic E-state index is 5.33. The third-order valence-electron chi connectivity index (χ3n) is 8.36. The second kappa shape index (κ2) is 8.92. The van der Waals surface area contributed by atoms with Crippen molar-refractivity contribution in [1.29, 1.82) is 0 Å². The minimum atomic E-state index is -0.365. The Morgan fingerprint density at radius 2 is 0.875 bits per heavy atom. The van der Waals surface area contributed by atoms with Gasteiger partial charge in [-0.15, -0.1) is 0 Å². The molecule has 0 saturated carbocycles. The summed E-state index contributed by atoms with van der Waals surface area (Å²) >= 11 is 0. The van der Waals surface area contributed by atoms with Crippen molar-refractivity contribution in [2.75, 3.05) is 0 Å². The molecule has 2 aromatic heterocycles. The molecule has 4 aromatic carbocycles. The van der Waals surface area contributed by atoms with Gasteiger partial charge in [-0.1, -0.05) is 72.8 Å². The first-order valence-electron chi connectivity index (χ1n) is 13.8. The lowest BCUT2D eigenvalue weighted by molar-refractivity contribution is 0.578. The maximum atomic E-state index is 5.33. The van der Waals surface area contributed by atoms with Crippen molar-refractivity contribution >= 4 is 0 Å². The highest BCUT2D eigenvalue weighted by molar-refractivity contribution is 5.65. The number of fused-ring (bicyclic) bond motifs is 10. The van der Waals surface area contributed by atoms with E-state index in [1.54, 1.807) is 0 Å². The van der Waals surface area contributed by atoms with Crippen LogP contribution in [-0.4, -0.2) is 19.1 Å². The Hall–Kier alpha value is -4.70. The highest BCUT2D eigenvalue weighted by atomic mass is 15.1. The molecule has 0 saturated heterocycles. The number of rotatable bonds is 2. The quantitative estimate of drug-likeness (QED) is 0.230. The molecule has 0 atom stereocenters. The van der Waals surface area contributed by atoms with Crippen LogP contribution in [-0.2, 0) is 10.8 Å². The van der Waals surface area contributed by atoms with Crippen LogP contribution in [0.2, 0.25) is 0 Å². The lowest BCUT2D eigenvalue weighted by Crippen LogP contribution is -2.24. The molecule has 4 heteroatoms. The van der Waals surface area contributed by atoms with E-state index >= 15 is 0 Å². The van der Waals surface area contributed by atoms with Crippen LogP contribution in [0.5, 0.6) is 0 Å². The van der Waals surface area contributed by atoms with Gasteiger partial charge in [-0.25, -0.2) is 9.97 Å². The summed E-state index contributed by atoms with van der Waals surface area (Å²) in [7, 11) is 0. The number of imidazole rings is 2. The van der Waals surface area contributed by atoms with Crippen molar-refractivity contribution in [1.82, 2.24) is 19.1 Å². The van der Waals surface area contributed by atoms with Crippen LogP contribution in [0.1, 0.15) is 50.5 Å². The van der Waals surface area contributed by atoms with Crippen molar-refractivity contribution in [3.63, 3.8) is 0 Å². The molecular weight excluding hydrogens is 488 g/mol. The van der Waals surface area contributed by atoms with E-state index in [-0.39, 0.29) is 10.8 Å². The van der Waals surface area contributed by atoms with Gasteiger partial charge in [-0.05, 0) is 75.2 Å². The minimum absolute atomic E-state index is 0.365. The van der Waals surface area contributed by atoms with E-state index in [0.29, 0.717) is 0 Å². The summed E-state index contributed by atoms with van der Waals surface area (Å²) in [5.74, 6) is 2.01. The van der Waals surface area contributed by atoms with Gasteiger partial charge in [0.2, 0.25) is 0 Å². The molecular formula is C36H32N4. The van der Waals surface area contributed by atoms with Crippen LogP contribution in [0.25, 0.3) is 33.9 Å². The molecule has 0 aliphatic carbocycles. The van der Waals surface area contributed by atoms with Gasteiger partial charge in [0.05, 0.1) is 11.4 Å². The third-order valence-corrected chi connectivity index (χ3v) is 8.36. The van der Waals surface area contributed by atoms with Gasteiger partial charge in [0.1, 0.15) is 11.6 Å². The molecule has 0 amide bonds.